The van der Waals surface area contributed by atoms with Crippen molar-refractivity contribution in [2.24, 2.45) is 0 Å². The summed E-state index contributed by atoms with van der Waals surface area (Å²) in [6.45, 7) is 11.7. The monoisotopic (exact) mass is 279 g/mol. The summed E-state index contributed by atoms with van der Waals surface area (Å²) in [6, 6.07) is 0. The van der Waals surface area contributed by atoms with Gasteiger partial charge in [-0.05, 0) is 20.8 Å². The van der Waals surface area contributed by atoms with E-state index in [0.29, 0.717) is 5.56 Å². The topological polar surface area (TPSA) is 51.5 Å². The van der Waals surface area contributed by atoms with Gasteiger partial charge in [0.2, 0.25) is 0 Å². The lowest BCUT2D eigenvalue weighted by atomic mass is 10.2. The third-order valence-electron chi connectivity index (χ3n) is 1.98. The van der Waals surface area contributed by atoms with Crippen LogP contribution in [-0.2, 0) is 4.74 Å². The van der Waals surface area contributed by atoms with Gasteiger partial charge in [0.1, 0.15) is 19.4 Å². The smallest absolute Gasteiger partial charge is 0.418 e. The van der Waals surface area contributed by atoms with E-state index in [-0.39, 0.29) is 5.75 Å². The van der Waals surface area contributed by atoms with Crippen LogP contribution < -0.4 is 0 Å². The molecule has 0 spiro atoms. The number of aromatic nitrogens is 1. The minimum absolute atomic E-state index is 0.00314. The maximum absolute atomic E-state index is 11.8. The van der Waals surface area contributed by atoms with Gasteiger partial charge < -0.3 is 9.84 Å². The number of ether oxygens (including phenoxy) is 1. The van der Waals surface area contributed by atoms with Gasteiger partial charge >= 0.3 is 6.09 Å². The average Bonchev–Trinajstić information content (AvgIpc) is 2.53. The highest BCUT2D eigenvalue weighted by Crippen LogP contribution is 2.18. The summed E-state index contributed by atoms with van der Waals surface area (Å²) in [7, 11) is -1.52. The van der Waals surface area contributed by atoms with Crippen LogP contribution in [0.5, 0.6) is 5.75 Å². The standard InChI is InChI=1S/C14H21NO3Si/c1-14(2,3)18-13(17)15-9-11(12(16)10-15)7-8-19(4,5)6/h9-10,16H,1-6H3. The molecule has 1 aromatic heterocycles. The van der Waals surface area contributed by atoms with Gasteiger partial charge in [-0.15, -0.1) is 5.54 Å². The van der Waals surface area contributed by atoms with E-state index in [4.69, 9.17) is 4.74 Å². The number of carbonyl (C=O) groups excluding carboxylic acids is 1. The highest BCUT2D eigenvalue weighted by atomic mass is 28.3. The van der Waals surface area contributed by atoms with Crippen LogP contribution >= 0.6 is 0 Å². The Labute approximate surface area is 115 Å². The van der Waals surface area contributed by atoms with Crippen LogP contribution in [0.25, 0.3) is 0 Å². The maximum Gasteiger partial charge on any atom is 0.418 e. The molecule has 0 bridgehead atoms. The van der Waals surface area contributed by atoms with E-state index in [1.807, 2.05) is 0 Å². The lowest BCUT2D eigenvalue weighted by Gasteiger charge is -2.19. The molecule has 0 aliphatic heterocycles. The van der Waals surface area contributed by atoms with Crippen LogP contribution in [0.2, 0.25) is 19.6 Å². The summed E-state index contributed by atoms with van der Waals surface area (Å²) in [4.78, 5) is 11.8. The Morgan fingerprint density at radius 3 is 2.37 bits per heavy atom. The summed E-state index contributed by atoms with van der Waals surface area (Å²) in [6.07, 6.45) is 2.29. The van der Waals surface area contributed by atoms with E-state index in [0.717, 1.165) is 0 Å². The second-order valence-corrected chi connectivity index (χ2v) is 11.2. The molecule has 0 aliphatic rings. The van der Waals surface area contributed by atoms with Gasteiger partial charge in [-0.1, -0.05) is 25.6 Å². The molecule has 4 nitrogen and oxygen atoms in total. The van der Waals surface area contributed by atoms with Crippen molar-refractivity contribution >= 4 is 14.2 Å². The quantitative estimate of drug-likeness (QED) is 0.586. The van der Waals surface area contributed by atoms with Crippen molar-refractivity contribution in [2.45, 2.75) is 46.0 Å². The molecule has 0 aliphatic carbocycles. The Kier molecular flexibility index (Phi) is 4.16. The molecule has 5 heteroatoms. The molecule has 1 rings (SSSR count). The number of nitrogens with zero attached hydrogens (tertiary/aromatic N) is 1. The maximum atomic E-state index is 11.8. The Hall–Kier alpha value is -1.67. The summed E-state index contributed by atoms with van der Waals surface area (Å²) < 4.78 is 6.43. The van der Waals surface area contributed by atoms with Crippen LogP contribution in [0.1, 0.15) is 26.3 Å². The highest BCUT2D eigenvalue weighted by Gasteiger charge is 2.19. The molecule has 0 amide bonds. The normalized spacial score (nSPS) is 11.7. The van der Waals surface area contributed by atoms with E-state index in [9.17, 15) is 9.90 Å². The zero-order valence-electron chi connectivity index (χ0n) is 12.4. The molecular formula is C14H21NO3Si. The van der Waals surface area contributed by atoms with Crippen LogP contribution in [0, 0.1) is 11.5 Å². The van der Waals surface area contributed by atoms with Gasteiger partial charge in [-0.3, -0.25) is 4.57 Å². The first-order chi connectivity index (χ1) is 8.48. The zero-order valence-corrected chi connectivity index (χ0v) is 13.4. The predicted octanol–water partition coefficient (Wildman–Crippen LogP) is 3.21. The van der Waals surface area contributed by atoms with Crippen molar-refractivity contribution in [1.29, 1.82) is 0 Å². The molecule has 0 unspecified atom stereocenters. The zero-order chi connectivity index (χ0) is 14.8. The minimum atomic E-state index is -1.52. The number of rotatable bonds is 0. The molecule has 1 heterocycles. The first-order valence-corrected chi connectivity index (χ1v) is 9.65. The number of aromatic hydroxyl groups is 1. The fraction of sp³-hybridized carbons (Fsp3) is 0.500. The van der Waals surface area contributed by atoms with Crippen molar-refractivity contribution in [3.8, 4) is 17.2 Å². The molecule has 104 valence electrons. The molecule has 0 fully saturated rings. The van der Waals surface area contributed by atoms with Crippen molar-refractivity contribution in [2.75, 3.05) is 0 Å². The fourth-order valence-electron chi connectivity index (χ4n) is 1.21. The molecule has 0 saturated carbocycles. The minimum Gasteiger partial charge on any atom is -0.505 e. The van der Waals surface area contributed by atoms with Crippen LogP contribution in [0.15, 0.2) is 12.4 Å². The Balaban J connectivity index is 2.96. The van der Waals surface area contributed by atoms with Gasteiger partial charge in [0.05, 0.1) is 11.8 Å². The van der Waals surface area contributed by atoms with Gasteiger partial charge in [0.15, 0.2) is 0 Å². The van der Waals surface area contributed by atoms with Gasteiger partial charge in [-0.25, -0.2) is 4.79 Å². The Morgan fingerprint density at radius 1 is 1.32 bits per heavy atom. The van der Waals surface area contributed by atoms with Crippen molar-refractivity contribution < 1.29 is 14.6 Å². The van der Waals surface area contributed by atoms with E-state index in [2.05, 4.69) is 31.1 Å². The second-order valence-electron chi connectivity index (χ2n) is 6.44. The molecule has 0 saturated heterocycles. The third-order valence-corrected chi connectivity index (χ3v) is 2.86. The first kappa shape index (κ1) is 15.4. The van der Waals surface area contributed by atoms with Gasteiger partial charge in [0.25, 0.3) is 0 Å². The predicted molar refractivity (Wildman–Crippen MR) is 78.0 cm³/mol. The van der Waals surface area contributed by atoms with Crippen LogP contribution in [0.3, 0.4) is 0 Å². The van der Waals surface area contributed by atoms with Crippen molar-refractivity contribution in [1.82, 2.24) is 4.57 Å². The van der Waals surface area contributed by atoms with Crippen molar-refractivity contribution in [3.05, 3.63) is 18.0 Å². The third kappa shape index (κ3) is 5.22. The van der Waals surface area contributed by atoms with Gasteiger partial charge in [0, 0.05) is 6.20 Å². The van der Waals surface area contributed by atoms with Crippen LogP contribution in [-0.4, -0.2) is 29.4 Å². The van der Waals surface area contributed by atoms with E-state index in [1.165, 1.54) is 17.0 Å². The summed E-state index contributed by atoms with van der Waals surface area (Å²) in [5.41, 5.74) is 3.03. The first-order valence-electron chi connectivity index (χ1n) is 6.15. The number of hydrogen-bond acceptors (Lipinski definition) is 3. The van der Waals surface area contributed by atoms with Crippen molar-refractivity contribution in [3.63, 3.8) is 0 Å². The molecule has 0 radical (unpaired) electrons. The highest BCUT2D eigenvalue weighted by molar-refractivity contribution is 6.83. The van der Waals surface area contributed by atoms with E-state index < -0.39 is 19.8 Å². The molecule has 0 atom stereocenters. The summed E-state index contributed by atoms with van der Waals surface area (Å²) in [5, 5.41) is 9.76. The van der Waals surface area contributed by atoms with E-state index >= 15 is 0 Å². The number of carbonyl (C=O) groups is 1. The molecule has 19 heavy (non-hydrogen) atoms. The molecule has 1 N–H and O–H groups in total. The molecular weight excluding hydrogens is 258 g/mol. The SMILES string of the molecule is CC(C)(C)OC(=O)n1cc(O)c(C#C[Si](C)(C)C)c1. The molecule has 1 aromatic rings. The van der Waals surface area contributed by atoms with E-state index in [1.54, 1.807) is 20.8 Å². The summed E-state index contributed by atoms with van der Waals surface area (Å²) >= 11 is 0. The Morgan fingerprint density at radius 2 is 1.89 bits per heavy atom. The Bertz CT molecular complexity index is 536. The van der Waals surface area contributed by atoms with Gasteiger partial charge in [-0.2, -0.15) is 0 Å². The number of hydrogen-bond donors (Lipinski definition) is 1. The lowest BCUT2D eigenvalue weighted by Crippen LogP contribution is -2.26. The summed E-state index contributed by atoms with van der Waals surface area (Å²) in [5.74, 6) is 2.92. The molecule has 0 aromatic carbocycles. The average molecular weight is 279 g/mol. The van der Waals surface area contributed by atoms with Crippen LogP contribution in [0.4, 0.5) is 4.79 Å². The lowest BCUT2D eigenvalue weighted by molar-refractivity contribution is 0.0536. The largest absolute Gasteiger partial charge is 0.505 e. The second kappa shape index (κ2) is 5.14. The fourth-order valence-corrected chi connectivity index (χ4v) is 1.72.